The van der Waals surface area contributed by atoms with Crippen molar-refractivity contribution in [2.45, 2.75) is 19.3 Å². The molecule has 50 heavy (non-hydrogen) atoms. The maximum Gasteiger partial charge on any atom is 0.0540 e. The Hall–Kier alpha value is -6.18. The Balaban J connectivity index is 1.26. The van der Waals surface area contributed by atoms with E-state index in [0.29, 0.717) is 0 Å². The van der Waals surface area contributed by atoms with Gasteiger partial charge in [-0.2, -0.15) is 0 Å². The third kappa shape index (κ3) is 4.94. The first-order valence-corrected chi connectivity index (χ1v) is 17.4. The normalized spacial score (nSPS) is 12.8. The van der Waals surface area contributed by atoms with E-state index in [0.717, 1.165) is 17.1 Å². The molecule has 0 amide bonds. The van der Waals surface area contributed by atoms with Gasteiger partial charge >= 0.3 is 0 Å². The summed E-state index contributed by atoms with van der Waals surface area (Å²) in [5, 5.41) is 2.61. The third-order valence-corrected chi connectivity index (χ3v) is 10.4. The van der Waals surface area contributed by atoms with Crippen LogP contribution in [0.5, 0.6) is 0 Å². The van der Waals surface area contributed by atoms with Crippen molar-refractivity contribution >= 4 is 27.8 Å². The molecule has 1 nitrogen and oxygen atoms in total. The van der Waals surface area contributed by atoms with Crippen LogP contribution in [0, 0.1) is 0 Å². The lowest BCUT2D eigenvalue weighted by Crippen LogP contribution is -2.17. The number of hydrogen-bond acceptors (Lipinski definition) is 1. The van der Waals surface area contributed by atoms with Crippen molar-refractivity contribution in [3.8, 4) is 44.5 Å². The molecular weight excluding hydrogens is 603 g/mol. The van der Waals surface area contributed by atoms with E-state index >= 15 is 0 Å². The summed E-state index contributed by atoms with van der Waals surface area (Å²) >= 11 is 0. The van der Waals surface area contributed by atoms with Gasteiger partial charge in [0, 0.05) is 22.4 Å². The van der Waals surface area contributed by atoms with Gasteiger partial charge < -0.3 is 4.90 Å². The quantitative estimate of drug-likeness (QED) is 0.175. The molecule has 8 aromatic carbocycles. The molecule has 0 fully saturated rings. The van der Waals surface area contributed by atoms with Crippen molar-refractivity contribution in [2.24, 2.45) is 0 Å². The van der Waals surface area contributed by atoms with Gasteiger partial charge in [-0.15, -0.1) is 0 Å². The molecule has 0 bridgehead atoms. The second-order valence-corrected chi connectivity index (χ2v) is 13.7. The zero-order valence-electron chi connectivity index (χ0n) is 28.3. The molecule has 0 N–H and O–H groups in total. The van der Waals surface area contributed by atoms with Crippen LogP contribution in [-0.2, 0) is 5.41 Å². The minimum Gasteiger partial charge on any atom is -0.310 e. The Bertz CT molecular complexity index is 2480. The van der Waals surface area contributed by atoms with Gasteiger partial charge in [-0.3, -0.25) is 0 Å². The van der Waals surface area contributed by atoms with Gasteiger partial charge in [0.25, 0.3) is 0 Å². The summed E-state index contributed by atoms with van der Waals surface area (Å²) in [4.78, 5) is 2.44. The van der Waals surface area contributed by atoms with Crippen LogP contribution < -0.4 is 4.90 Å². The van der Waals surface area contributed by atoms with Crippen molar-refractivity contribution in [2.75, 3.05) is 4.90 Å². The molecule has 0 atom stereocenters. The number of benzene rings is 8. The SMILES string of the molecule is CC1(C)c2cc(N(c3ccc(-c4ccccc4)cc3)c3ccccc3-c3ccccc3)ccc2-c2c(-c3ccccc3)cc3ccccc3c21. The van der Waals surface area contributed by atoms with E-state index in [-0.39, 0.29) is 5.41 Å². The number of para-hydroxylation sites is 1. The molecule has 1 aliphatic rings. The smallest absolute Gasteiger partial charge is 0.0540 e. The summed E-state index contributed by atoms with van der Waals surface area (Å²) in [7, 11) is 0. The topological polar surface area (TPSA) is 3.24 Å². The van der Waals surface area contributed by atoms with Crippen LogP contribution in [0.4, 0.5) is 17.1 Å². The number of anilines is 3. The Labute approximate surface area is 294 Å². The average Bonchev–Trinajstić information content (AvgIpc) is 3.42. The second kappa shape index (κ2) is 12.1. The molecule has 0 spiro atoms. The zero-order valence-corrected chi connectivity index (χ0v) is 28.3. The molecule has 0 saturated carbocycles. The Morgan fingerprint density at radius 1 is 0.400 bits per heavy atom. The first kappa shape index (κ1) is 29.9. The van der Waals surface area contributed by atoms with Gasteiger partial charge in [0.1, 0.15) is 0 Å². The van der Waals surface area contributed by atoms with Gasteiger partial charge in [-0.25, -0.2) is 0 Å². The molecule has 0 saturated heterocycles. The summed E-state index contributed by atoms with van der Waals surface area (Å²) in [5.41, 5.74) is 16.0. The van der Waals surface area contributed by atoms with Crippen molar-refractivity contribution in [1.29, 1.82) is 0 Å². The summed E-state index contributed by atoms with van der Waals surface area (Å²) in [6, 6.07) is 68.4. The van der Waals surface area contributed by atoms with Crippen LogP contribution in [0.15, 0.2) is 188 Å². The fraction of sp³-hybridized carbons (Fsp3) is 0.0612. The van der Waals surface area contributed by atoms with Crippen LogP contribution in [0.25, 0.3) is 55.3 Å². The average molecular weight is 640 g/mol. The minimum atomic E-state index is -0.215. The molecule has 1 heteroatoms. The molecule has 238 valence electrons. The standard InChI is InChI=1S/C49H37N/c1-49(2)45-33-40(30-31-43(45)47-44(37-20-10-5-11-21-37)32-38-22-12-13-24-42(38)48(47)49)50(39-28-26-35(27-29-39)34-16-6-3-7-17-34)46-25-15-14-23-41(46)36-18-8-4-9-19-36/h3-33H,1-2H3. The highest BCUT2D eigenvalue weighted by molar-refractivity contribution is 6.05. The molecule has 0 radical (unpaired) electrons. The number of nitrogens with zero attached hydrogens (tertiary/aromatic N) is 1. The van der Waals surface area contributed by atoms with Gasteiger partial charge in [0.15, 0.2) is 0 Å². The molecule has 0 unspecified atom stereocenters. The molecular formula is C49H37N. The first-order valence-electron chi connectivity index (χ1n) is 17.4. The lowest BCUT2D eigenvalue weighted by molar-refractivity contribution is 0.666. The summed E-state index contributed by atoms with van der Waals surface area (Å²) in [5.74, 6) is 0. The van der Waals surface area contributed by atoms with Crippen LogP contribution >= 0.6 is 0 Å². The van der Waals surface area contributed by atoms with Crippen LogP contribution in [0.3, 0.4) is 0 Å². The highest BCUT2D eigenvalue weighted by Crippen LogP contribution is 2.56. The van der Waals surface area contributed by atoms with Crippen LogP contribution in [0.1, 0.15) is 25.0 Å². The summed E-state index contributed by atoms with van der Waals surface area (Å²) < 4.78 is 0. The molecule has 0 aliphatic heterocycles. The van der Waals surface area contributed by atoms with Crippen molar-refractivity contribution in [1.82, 2.24) is 0 Å². The van der Waals surface area contributed by atoms with E-state index < -0.39 is 0 Å². The van der Waals surface area contributed by atoms with E-state index in [1.54, 1.807) is 0 Å². The molecule has 8 aromatic rings. The Kier molecular flexibility index (Phi) is 7.21. The monoisotopic (exact) mass is 639 g/mol. The van der Waals surface area contributed by atoms with Gasteiger partial charge in [-0.1, -0.05) is 166 Å². The van der Waals surface area contributed by atoms with Crippen molar-refractivity contribution < 1.29 is 0 Å². The van der Waals surface area contributed by atoms with Crippen LogP contribution in [-0.4, -0.2) is 0 Å². The van der Waals surface area contributed by atoms with Gasteiger partial charge in [0.2, 0.25) is 0 Å². The molecule has 0 heterocycles. The van der Waals surface area contributed by atoms with E-state index in [1.165, 1.54) is 66.4 Å². The zero-order chi connectivity index (χ0) is 33.7. The molecule has 0 aromatic heterocycles. The van der Waals surface area contributed by atoms with E-state index in [4.69, 9.17) is 0 Å². The maximum absolute atomic E-state index is 2.45. The van der Waals surface area contributed by atoms with Gasteiger partial charge in [0.05, 0.1) is 5.69 Å². The predicted molar refractivity (Wildman–Crippen MR) is 213 cm³/mol. The van der Waals surface area contributed by atoms with Gasteiger partial charge in [-0.05, 0) is 97.2 Å². The second-order valence-electron chi connectivity index (χ2n) is 13.7. The van der Waals surface area contributed by atoms with E-state index in [9.17, 15) is 0 Å². The Morgan fingerprint density at radius 3 is 1.64 bits per heavy atom. The fourth-order valence-electron chi connectivity index (χ4n) is 8.05. The first-order chi connectivity index (χ1) is 24.6. The van der Waals surface area contributed by atoms with Crippen LogP contribution in [0.2, 0.25) is 0 Å². The van der Waals surface area contributed by atoms with Crippen molar-refractivity contribution in [3.63, 3.8) is 0 Å². The number of rotatable bonds is 6. The van der Waals surface area contributed by atoms with E-state index in [1.807, 2.05) is 0 Å². The fourth-order valence-corrected chi connectivity index (χ4v) is 8.05. The minimum absolute atomic E-state index is 0.215. The third-order valence-electron chi connectivity index (χ3n) is 10.4. The molecule has 9 rings (SSSR count). The lowest BCUT2D eigenvalue weighted by Gasteiger charge is -2.30. The van der Waals surface area contributed by atoms with E-state index in [2.05, 4.69) is 207 Å². The largest absolute Gasteiger partial charge is 0.310 e. The van der Waals surface area contributed by atoms with Crippen molar-refractivity contribution in [3.05, 3.63) is 199 Å². The number of fused-ring (bicyclic) bond motifs is 5. The highest BCUT2D eigenvalue weighted by atomic mass is 15.1. The highest BCUT2D eigenvalue weighted by Gasteiger charge is 2.39. The maximum atomic E-state index is 2.45. The Morgan fingerprint density at radius 2 is 0.940 bits per heavy atom. The lowest BCUT2D eigenvalue weighted by atomic mass is 9.79. The summed E-state index contributed by atoms with van der Waals surface area (Å²) in [6.45, 7) is 4.80. The number of hydrogen-bond donors (Lipinski definition) is 0. The summed E-state index contributed by atoms with van der Waals surface area (Å²) in [6.07, 6.45) is 0. The molecule has 1 aliphatic carbocycles. The predicted octanol–water partition coefficient (Wildman–Crippen LogP) is 13.6.